The van der Waals surface area contributed by atoms with Gasteiger partial charge in [0.05, 0.1) is 5.69 Å². The number of halogens is 1. The van der Waals surface area contributed by atoms with Crippen LogP contribution in [0.5, 0.6) is 0 Å². The molecule has 168 valence electrons. The molecule has 9 heteroatoms. The molecule has 3 heterocycles. The van der Waals surface area contributed by atoms with Crippen LogP contribution >= 0.6 is 11.3 Å². The number of piperidine rings is 1. The van der Waals surface area contributed by atoms with Crippen LogP contribution in [0, 0.1) is 5.82 Å². The third kappa shape index (κ3) is 4.30. The third-order valence-corrected chi connectivity index (χ3v) is 8.73. The van der Waals surface area contributed by atoms with Crippen LogP contribution in [-0.2, 0) is 10.0 Å². The zero-order valence-corrected chi connectivity index (χ0v) is 19.1. The molecule has 2 aromatic heterocycles. The highest BCUT2D eigenvalue weighted by atomic mass is 32.2. The zero-order chi connectivity index (χ0) is 22.1. The lowest BCUT2D eigenvalue weighted by atomic mass is 9.91. The van der Waals surface area contributed by atoms with E-state index in [0.717, 1.165) is 60.1 Å². The number of aromatic nitrogens is 1. The van der Waals surface area contributed by atoms with Gasteiger partial charge in [0.25, 0.3) is 0 Å². The van der Waals surface area contributed by atoms with Gasteiger partial charge in [0.1, 0.15) is 10.7 Å². The number of hydrogen-bond acceptors (Lipinski definition) is 6. The lowest BCUT2D eigenvalue weighted by molar-refractivity contribution is 0.208. The van der Waals surface area contributed by atoms with Crippen molar-refractivity contribution in [1.29, 1.82) is 0 Å². The number of fused-ring (bicyclic) bond motifs is 2. The maximum atomic E-state index is 13.4. The molecule has 4 aromatic rings. The normalized spacial score (nSPS) is 16.3. The molecule has 2 aromatic carbocycles. The van der Waals surface area contributed by atoms with Crippen LogP contribution in [0.1, 0.15) is 30.9 Å². The van der Waals surface area contributed by atoms with E-state index >= 15 is 0 Å². The summed E-state index contributed by atoms with van der Waals surface area (Å²) in [5.74, 6) is -0.0267. The standard InChI is InChI=1S/C23H24FN3O3S2/c24-17-6-7-18-20(14-17)30-26-23(18)16-8-12-27(13-9-16)11-3-10-25-32(28,29)22-15-31-21-5-2-1-4-19(21)22/h1-2,4-7,14-16,25H,3,8-13H2. The molecule has 0 unspecified atom stereocenters. The molecule has 0 bridgehead atoms. The Hall–Kier alpha value is -2.33. The first kappa shape index (κ1) is 21.5. The van der Waals surface area contributed by atoms with E-state index < -0.39 is 10.0 Å². The second kappa shape index (κ2) is 8.90. The van der Waals surface area contributed by atoms with Crippen LogP contribution in [0.2, 0.25) is 0 Å². The Morgan fingerprint density at radius 2 is 1.97 bits per heavy atom. The summed E-state index contributed by atoms with van der Waals surface area (Å²) in [4.78, 5) is 2.71. The highest BCUT2D eigenvalue weighted by molar-refractivity contribution is 7.90. The van der Waals surface area contributed by atoms with Gasteiger partial charge in [-0.2, -0.15) is 0 Å². The quantitative estimate of drug-likeness (QED) is 0.393. The van der Waals surface area contributed by atoms with Crippen molar-refractivity contribution in [2.24, 2.45) is 0 Å². The molecule has 1 N–H and O–H groups in total. The van der Waals surface area contributed by atoms with Gasteiger partial charge in [-0.3, -0.25) is 0 Å². The lowest BCUT2D eigenvalue weighted by Gasteiger charge is -2.31. The maximum absolute atomic E-state index is 13.4. The molecule has 1 fully saturated rings. The summed E-state index contributed by atoms with van der Waals surface area (Å²) in [7, 11) is -3.51. The lowest BCUT2D eigenvalue weighted by Crippen LogP contribution is -2.35. The number of thiophene rings is 1. The smallest absolute Gasteiger partial charge is 0.242 e. The molecule has 0 amide bonds. The topological polar surface area (TPSA) is 75.4 Å². The molecule has 6 nitrogen and oxygen atoms in total. The van der Waals surface area contributed by atoms with Crippen LogP contribution in [0.4, 0.5) is 4.39 Å². The zero-order valence-electron chi connectivity index (χ0n) is 17.5. The summed E-state index contributed by atoms with van der Waals surface area (Å²) < 4.78 is 47.8. The fourth-order valence-electron chi connectivity index (χ4n) is 4.40. The molecular weight excluding hydrogens is 449 g/mol. The third-order valence-electron chi connectivity index (χ3n) is 6.11. The monoisotopic (exact) mass is 473 g/mol. The average Bonchev–Trinajstić information content (AvgIpc) is 3.41. The summed E-state index contributed by atoms with van der Waals surface area (Å²) in [5, 5.41) is 7.57. The highest BCUT2D eigenvalue weighted by Gasteiger charge is 2.25. The average molecular weight is 474 g/mol. The number of benzene rings is 2. The van der Waals surface area contributed by atoms with Crippen molar-refractivity contribution in [3.05, 3.63) is 59.4 Å². The van der Waals surface area contributed by atoms with Crippen molar-refractivity contribution in [1.82, 2.24) is 14.8 Å². The van der Waals surface area contributed by atoms with Crippen LogP contribution < -0.4 is 4.72 Å². The van der Waals surface area contributed by atoms with E-state index in [1.807, 2.05) is 24.3 Å². The van der Waals surface area contributed by atoms with Gasteiger partial charge in [0.15, 0.2) is 5.58 Å². The Morgan fingerprint density at radius 3 is 2.81 bits per heavy atom. The second-order valence-electron chi connectivity index (χ2n) is 8.17. The summed E-state index contributed by atoms with van der Waals surface area (Å²) >= 11 is 1.45. The van der Waals surface area contributed by atoms with Gasteiger partial charge in [0.2, 0.25) is 10.0 Å². The fraction of sp³-hybridized carbons (Fsp3) is 0.348. The first-order valence-corrected chi connectivity index (χ1v) is 13.1. The molecule has 32 heavy (non-hydrogen) atoms. The first-order chi connectivity index (χ1) is 15.5. The SMILES string of the molecule is O=S(=O)(NCCCN1CCC(c2noc3cc(F)ccc23)CC1)c1csc2ccccc12. The first-order valence-electron chi connectivity index (χ1n) is 10.7. The predicted octanol–water partition coefficient (Wildman–Crippen LogP) is 4.73. The molecule has 5 rings (SSSR count). The van der Waals surface area contributed by atoms with Gasteiger partial charge in [-0.25, -0.2) is 17.5 Å². The van der Waals surface area contributed by atoms with Crippen molar-refractivity contribution in [2.45, 2.75) is 30.1 Å². The van der Waals surface area contributed by atoms with Gasteiger partial charge in [-0.1, -0.05) is 23.4 Å². The number of nitrogens with one attached hydrogen (secondary N) is 1. The van der Waals surface area contributed by atoms with Crippen molar-refractivity contribution >= 4 is 42.4 Å². The Morgan fingerprint density at radius 1 is 1.16 bits per heavy atom. The number of nitrogens with zero attached hydrogens (tertiary/aromatic N) is 2. The molecule has 0 atom stereocenters. The van der Waals surface area contributed by atoms with Crippen LogP contribution in [0.3, 0.4) is 0 Å². The largest absolute Gasteiger partial charge is 0.356 e. The molecule has 1 saturated heterocycles. The van der Waals surface area contributed by atoms with Crippen molar-refractivity contribution in [3.8, 4) is 0 Å². The minimum absolute atomic E-state index is 0.295. The Kier molecular flexibility index (Phi) is 5.98. The molecule has 0 saturated carbocycles. The molecule has 0 aliphatic carbocycles. The van der Waals surface area contributed by atoms with Crippen molar-refractivity contribution in [2.75, 3.05) is 26.2 Å². The van der Waals surface area contributed by atoms with Gasteiger partial charge in [-0.05, 0) is 57.1 Å². The van der Waals surface area contributed by atoms with E-state index in [2.05, 4.69) is 14.8 Å². The maximum Gasteiger partial charge on any atom is 0.242 e. The molecular formula is C23H24FN3O3S2. The van der Waals surface area contributed by atoms with Gasteiger partial charge < -0.3 is 9.42 Å². The minimum Gasteiger partial charge on any atom is -0.356 e. The summed E-state index contributed by atoms with van der Waals surface area (Å²) in [6.45, 7) is 3.08. The van der Waals surface area contributed by atoms with E-state index in [9.17, 15) is 12.8 Å². The molecule has 1 aliphatic rings. The van der Waals surface area contributed by atoms with Crippen LogP contribution in [-0.4, -0.2) is 44.7 Å². The predicted molar refractivity (Wildman–Crippen MR) is 124 cm³/mol. The number of sulfonamides is 1. The summed E-state index contributed by atoms with van der Waals surface area (Å²) in [5.41, 5.74) is 1.41. The highest BCUT2D eigenvalue weighted by Crippen LogP contribution is 2.33. The summed E-state index contributed by atoms with van der Waals surface area (Å²) in [6, 6.07) is 12.1. The Balaban J connectivity index is 1.11. The van der Waals surface area contributed by atoms with E-state index in [1.54, 1.807) is 11.4 Å². The fourth-order valence-corrected chi connectivity index (χ4v) is 6.98. The summed E-state index contributed by atoms with van der Waals surface area (Å²) in [6.07, 6.45) is 2.65. The minimum atomic E-state index is -3.51. The second-order valence-corrected chi connectivity index (χ2v) is 10.8. The van der Waals surface area contributed by atoms with Crippen LogP contribution in [0.15, 0.2) is 57.3 Å². The Labute approximate surface area is 190 Å². The van der Waals surface area contributed by atoms with E-state index in [4.69, 9.17) is 4.52 Å². The van der Waals surface area contributed by atoms with E-state index in [-0.39, 0.29) is 5.82 Å². The van der Waals surface area contributed by atoms with Gasteiger partial charge >= 0.3 is 0 Å². The molecule has 0 spiro atoms. The van der Waals surface area contributed by atoms with Gasteiger partial charge in [0, 0.05) is 39.4 Å². The van der Waals surface area contributed by atoms with E-state index in [1.165, 1.54) is 23.5 Å². The number of likely N-dealkylation sites (tertiary alicyclic amines) is 1. The number of hydrogen-bond donors (Lipinski definition) is 1. The van der Waals surface area contributed by atoms with Gasteiger partial charge in [-0.15, -0.1) is 11.3 Å². The molecule has 0 radical (unpaired) electrons. The van der Waals surface area contributed by atoms with E-state index in [0.29, 0.717) is 22.9 Å². The van der Waals surface area contributed by atoms with Crippen molar-refractivity contribution < 1.29 is 17.3 Å². The van der Waals surface area contributed by atoms with Crippen molar-refractivity contribution in [3.63, 3.8) is 0 Å². The number of rotatable bonds is 7. The molecule has 1 aliphatic heterocycles. The Bertz CT molecular complexity index is 1340. The van der Waals surface area contributed by atoms with Crippen LogP contribution in [0.25, 0.3) is 21.1 Å².